The normalized spacial score (nSPS) is 14.3. The van der Waals surface area contributed by atoms with Crippen molar-refractivity contribution in [3.63, 3.8) is 0 Å². The molecule has 1 fully saturated rings. The van der Waals surface area contributed by atoms with Crippen LogP contribution in [0.15, 0.2) is 35.1 Å². The molecule has 0 amide bonds. The van der Waals surface area contributed by atoms with Crippen LogP contribution in [0.3, 0.4) is 0 Å². The number of para-hydroxylation sites is 1. The van der Waals surface area contributed by atoms with Crippen molar-refractivity contribution >= 4 is 11.5 Å². The summed E-state index contributed by atoms with van der Waals surface area (Å²) < 4.78 is 0. The number of nitrogens with zero attached hydrogens (tertiary/aromatic N) is 2. The van der Waals surface area contributed by atoms with Crippen LogP contribution in [0.1, 0.15) is 37.1 Å². The molecule has 1 saturated carbocycles. The maximum atomic E-state index is 11.9. The Labute approximate surface area is 118 Å². The molecule has 0 unspecified atom stereocenters. The highest BCUT2D eigenvalue weighted by atomic mass is 16.1. The first-order valence-corrected chi connectivity index (χ1v) is 7.13. The van der Waals surface area contributed by atoms with Gasteiger partial charge in [-0.15, -0.1) is 0 Å². The molecule has 1 heterocycles. The van der Waals surface area contributed by atoms with E-state index in [-0.39, 0.29) is 5.56 Å². The number of nitrogens with one attached hydrogen (secondary N) is 1. The van der Waals surface area contributed by atoms with Gasteiger partial charge >= 0.3 is 0 Å². The number of hydrogen-bond donors (Lipinski definition) is 1. The second kappa shape index (κ2) is 5.12. The van der Waals surface area contributed by atoms with Crippen molar-refractivity contribution in [3.05, 3.63) is 52.1 Å². The second-order valence-electron chi connectivity index (χ2n) is 5.29. The van der Waals surface area contributed by atoms with Gasteiger partial charge in [0.25, 0.3) is 5.56 Å². The van der Waals surface area contributed by atoms with Gasteiger partial charge in [0.2, 0.25) is 0 Å². The van der Waals surface area contributed by atoms with E-state index in [1.165, 1.54) is 5.56 Å². The summed E-state index contributed by atoms with van der Waals surface area (Å²) in [5.74, 6) is 2.02. The molecular weight excluding hydrogens is 250 g/mol. The van der Waals surface area contributed by atoms with Gasteiger partial charge in [-0.2, -0.15) is 0 Å². The number of aryl methyl sites for hydroxylation is 1. The molecule has 0 aliphatic heterocycles. The quantitative estimate of drug-likeness (QED) is 0.927. The molecule has 0 spiro atoms. The average Bonchev–Trinajstić information content (AvgIpc) is 3.25. The summed E-state index contributed by atoms with van der Waals surface area (Å²) in [6.07, 6.45) is 2.26. The van der Waals surface area contributed by atoms with Gasteiger partial charge in [-0.1, -0.05) is 18.2 Å². The molecule has 4 nitrogen and oxygen atoms in total. The van der Waals surface area contributed by atoms with Crippen LogP contribution >= 0.6 is 0 Å². The summed E-state index contributed by atoms with van der Waals surface area (Å²) in [6.45, 7) is 4.94. The van der Waals surface area contributed by atoms with Crippen molar-refractivity contribution < 1.29 is 0 Å². The number of aromatic nitrogens is 2. The number of anilines is 2. The lowest BCUT2D eigenvalue weighted by atomic mass is 10.2. The lowest BCUT2D eigenvalue weighted by molar-refractivity contribution is 0.878. The Morgan fingerprint density at radius 3 is 2.75 bits per heavy atom. The molecule has 104 valence electrons. The van der Waals surface area contributed by atoms with E-state index >= 15 is 0 Å². The Kier molecular flexibility index (Phi) is 3.30. The van der Waals surface area contributed by atoms with E-state index in [1.54, 1.807) is 6.07 Å². The fourth-order valence-electron chi connectivity index (χ4n) is 2.47. The van der Waals surface area contributed by atoms with Crippen molar-refractivity contribution in [2.75, 3.05) is 11.4 Å². The fraction of sp³-hybridized carbons (Fsp3) is 0.375. The van der Waals surface area contributed by atoms with Gasteiger partial charge in [0.15, 0.2) is 0 Å². The molecule has 0 atom stereocenters. The monoisotopic (exact) mass is 269 g/mol. The maximum Gasteiger partial charge on any atom is 0.253 e. The van der Waals surface area contributed by atoms with E-state index in [0.717, 1.165) is 36.7 Å². The summed E-state index contributed by atoms with van der Waals surface area (Å²) in [5.41, 5.74) is 2.23. The van der Waals surface area contributed by atoms with Gasteiger partial charge in [0, 0.05) is 24.2 Å². The Bertz CT molecular complexity index is 673. The highest BCUT2D eigenvalue weighted by Gasteiger charge is 2.27. The predicted molar refractivity (Wildman–Crippen MR) is 80.7 cm³/mol. The first-order chi connectivity index (χ1) is 9.69. The number of hydrogen-bond acceptors (Lipinski definition) is 3. The maximum absolute atomic E-state index is 11.9. The molecule has 0 radical (unpaired) electrons. The minimum Gasteiger partial charge on any atom is -0.326 e. The van der Waals surface area contributed by atoms with Crippen LogP contribution in [0, 0.1) is 6.92 Å². The smallest absolute Gasteiger partial charge is 0.253 e. The molecule has 2 aromatic rings. The van der Waals surface area contributed by atoms with E-state index in [1.807, 2.05) is 12.1 Å². The molecule has 1 aliphatic rings. The molecule has 1 aromatic carbocycles. The highest BCUT2D eigenvalue weighted by Crippen LogP contribution is 2.38. The molecule has 0 saturated heterocycles. The first-order valence-electron chi connectivity index (χ1n) is 7.13. The van der Waals surface area contributed by atoms with E-state index in [9.17, 15) is 4.79 Å². The van der Waals surface area contributed by atoms with Crippen LogP contribution in [0.2, 0.25) is 0 Å². The van der Waals surface area contributed by atoms with Gasteiger partial charge in [-0.05, 0) is 38.3 Å². The molecule has 3 rings (SSSR count). The Hall–Kier alpha value is -2.10. The number of benzene rings is 1. The third-order valence-electron chi connectivity index (χ3n) is 3.71. The van der Waals surface area contributed by atoms with Gasteiger partial charge in [0.1, 0.15) is 11.6 Å². The van der Waals surface area contributed by atoms with Crippen molar-refractivity contribution in [2.24, 2.45) is 0 Å². The largest absolute Gasteiger partial charge is 0.326 e. The van der Waals surface area contributed by atoms with Crippen LogP contribution in [-0.4, -0.2) is 16.5 Å². The second-order valence-corrected chi connectivity index (χ2v) is 5.29. The van der Waals surface area contributed by atoms with Crippen LogP contribution in [0.4, 0.5) is 11.5 Å². The van der Waals surface area contributed by atoms with Crippen LogP contribution in [0.5, 0.6) is 0 Å². The van der Waals surface area contributed by atoms with Crippen LogP contribution in [0.25, 0.3) is 0 Å². The predicted octanol–water partition coefficient (Wildman–Crippen LogP) is 3.11. The van der Waals surface area contributed by atoms with Crippen molar-refractivity contribution in [1.29, 1.82) is 0 Å². The molecule has 1 N–H and O–H groups in total. The van der Waals surface area contributed by atoms with E-state index in [0.29, 0.717) is 5.92 Å². The molecular formula is C16H19N3O. The lowest BCUT2D eigenvalue weighted by Gasteiger charge is -2.24. The molecule has 1 aliphatic carbocycles. The number of aromatic amines is 1. The number of H-pyrrole nitrogens is 1. The van der Waals surface area contributed by atoms with Gasteiger partial charge < -0.3 is 9.88 Å². The van der Waals surface area contributed by atoms with Gasteiger partial charge in [-0.25, -0.2) is 4.98 Å². The van der Waals surface area contributed by atoms with Gasteiger partial charge in [0.05, 0.1) is 0 Å². The van der Waals surface area contributed by atoms with E-state index in [2.05, 4.69) is 40.8 Å². The lowest BCUT2D eigenvalue weighted by Crippen LogP contribution is -2.22. The highest BCUT2D eigenvalue weighted by molar-refractivity contribution is 5.63. The Balaban J connectivity index is 2.05. The zero-order valence-electron chi connectivity index (χ0n) is 11.9. The van der Waals surface area contributed by atoms with E-state index < -0.39 is 0 Å². The summed E-state index contributed by atoms with van der Waals surface area (Å²) in [7, 11) is 0. The summed E-state index contributed by atoms with van der Waals surface area (Å²) in [4.78, 5) is 21.5. The zero-order chi connectivity index (χ0) is 14.1. The molecule has 0 bridgehead atoms. The topological polar surface area (TPSA) is 49.0 Å². The fourth-order valence-corrected chi connectivity index (χ4v) is 2.47. The Morgan fingerprint density at radius 1 is 1.35 bits per heavy atom. The average molecular weight is 269 g/mol. The van der Waals surface area contributed by atoms with Gasteiger partial charge in [-0.3, -0.25) is 4.79 Å². The number of rotatable bonds is 4. The minimum absolute atomic E-state index is 0.0658. The Morgan fingerprint density at radius 2 is 2.10 bits per heavy atom. The van der Waals surface area contributed by atoms with Crippen molar-refractivity contribution in [3.8, 4) is 0 Å². The molecule has 4 heteroatoms. The third-order valence-corrected chi connectivity index (χ3v) is 3.71. The summed E-state index contributed by atoms with van der Waals surface area (Å²) in [6, 6.07) is 9.76. The van der Waals surface area contributed by atoms with Crippen LogP contribution < -0.4 is 10.5 Å². The standard InChI is InChI=1S/C16H19N3O/c1-3-19(13-7-5-4-6-11(13)2)14-10-15(20)18-16(17-14)12-8-9-12/h4-7,10,12H,3,8-9H2,1-2H3,(H,17,18,20). The minimum atomic E-state index is -0.0658. The van der Waals surface area contributed by atoms with Crippen LogP contribution in [-0.2, 0) is 0 Å². The third kappa shape index (κ3) is 2.46. The molecule has 1 aromatic heterocycles. The van der Waals surface area contributed by atoms with E-state index in [4.69, 9.17) is 0 Å². The summed E-state index contributed by atoms with van der Waals surface area (Å²) >= 11 is 0. The van der Waals surface area contributed by atoms with Crippen molar-refractivity contribution in [1.82, 2.24) is 9.97 Å². The SMILES string of the molecule is CCN(c1cc(=O)[nH]c(C2CC2)n1)c1ccccc1C. The van der Waals surface area contributed by atoms with Crippen molar-refractivity contribution in [2.45, 2.75) is 32.6 Å². The zero-order valence-corrected chi connectivity index (χ0v) is 11.9. The first kappa shape index (κ1) is 12.9. The summed E-state index contributed by atoms with van der Waals surface area (Å²) in [5, 5.41) is 0. The molecule has 20 heavy (non-hydrogen) atoms.